The molecule has 3 aromatic rings. The van der Waals surface area contributed by atoms with Crippen LogP contribution in [0.25, 0.3) is 11.0 Å². The van der Waals surface area contributed by atoms with Crippen LogP contribution in [0.1, 0.15) is 47.4 Å². The van der Waals surface area contributed by atoms with Gasteiger partial charge in [-0.1, -0.05) is 12.1 Å². The predicted octanol–water partition coefficient (Wildman–Crippen LogP) is 3.85. The number of carbonyl (C=O) groups is 2. The molecule has 0 atom stereocenters. The predicted molar refractivity (Wildman–Crippen MR) is 109 cm³/mol. The monoisotopic (exact) mass is 376 g/mol. The van der Waals surface area contributed by atoms with Crippen molar-refractivity contribution >= 4 is 28.5 Å². The van der Waals surface area contributed by atoms with Gasteiger partial charge in [-0.25, -0.2) is 4.98 Å². The third kappa shape index (κ3) is 3.76. The number of piperidine rings is 1. The van der Waals surface area contributed by atoms with Crippen molar-refractivity contribution in [1.82, 2.24) is 14.9 Å². The third-order valence-electron chi connectivity index (χ3n) is 5.25. The molecule has 0 radical (unpaired) electrons. The first-order chi connectivity index (χ1) is 13.5. The van der Waals surface area contributed by atoms with E-state index in [-0.39, 0.29) is 11.8 Å². The standard InChI is InChI=1S/C22H24N4O2/c1-14-6-7-19-20(12-14)25-21(24-19)16-8-10-26(11-9-16)22(28)17-4-3-5-18(13-17)23-15(2)27/h3-7,12-13,16H,8-11H2,1-2H3,(H,23,27)(H,24,25). The number of likely N-dealkylation sites (tertiary alicyclic amines) is 1. The smallest absolute Gasteiger partial charge is 0.253 e. The number of nitrogens with one attached hydrogen (secondary N) is 2. The van der Waals surface area contributed by atoms with Gasteiger partial charge >= 0.3 is 0 Å². The molecule has 1 saturated heterocycles. The van der Waals surface area contributed by atoms with Crippen LogP contribution in [0.2, 0.25) is 0 Å². The third-order valence-corrected chi connectivity index (χ3v) is 5.25. The van der Waals surface area contributed by atoms with Crippen LogP contribution < -0.4 is 5.32 Å². The molecule has 2 amide bonds. The molecule has 144 valence electrons. The number of rotatable bonds is 3. The molecule has 2 aromatic carbocycles. The molecule has 6 nitrogen and oxygen atoms in total. The lowest BCUT2D eigenvalue weighted by Crippen LogP contribution is -2.38. The van der Waals surface area contributed by atoms with Crippen molar-refractivity contribution in [3.63, 3.8) is 0 Å². The fraction of sp³-hybridized carbons (Fsp3) is 0.318. The summed E-state index contributed by atoms with van der Waals surface area (Å²) in [6, 6.07) is 13.3. The minimum Gasteiger partial charge on any atom is -0.342 e. The SMILES string of the molecule is CC(=O)Nc1cccc(C(=O)N2CCC(c3nc4ccc(C)cc4[nH]3)CC2)c1. The molecular weight excluding hydrogens is 352 g/mol. The Bertz CT molecular complexity index is 1030. The first-order valence-corrected chi connectivity index (χ1v) is 9.63. The van der Waals surface area contributed by atoms with Crippen molar-refractivity contribution in [2.45, 2.75) is 32.6 Å². The van der Waals surface area contributed by atoms with Gasteiger partial charge in [0, 0.05) is 37.2 Å². The van der Waals surface area contributed by atoms with E-state index in [0.29, 0.717) is 30.3 Å². The van der Waals surface area contributed by atoms with Crippen LogP contribution in [0, 0.1) is 6.92 Å². The number of nitrogens with zero attached hydrogens (tertiary/aromatic N) is 2. The van der Waals surface area contributed by atoms with E-state index < -0.39 is 0 Å². The highest BCUT2D eigenvalue weighted by Gasteiger charge is 2.26. The molecular formula is C22H24N4O2. The molecule has 0 saturated carbocycles. The van der Waals surface area contributed by atoms with Crippen molar-refractivity contribution in [2.75, 3.05) is 18.4 Å². The van der Waals surface area contributed by atoms with Crippen LogP contribution in [0.15, 0.2) is 42.5 Å². The number of hydrogen-bond donors (Lipinski definition) is 2. The van der Waals surface area contributed by atoms with Gasteiger partial charge in [0.15, 0.2) is 0 Å². The van der Waals surface area contributed by atoms with Gasteiger partial charge in [0.1, 0.15) is 5.82 Å². The number of aromatic amines is 1. The second-order valence-corrected chi connectivity index (χ2v) is 7.47. The Kier molecular flexibility index (Phi) is 4.86. The van der Waals surface area contributed by atoms with Crippen molar-refractivity contribution in [1.29, 1.82) is 0 Å². The van der Waals surface area contributed by atoms with E-state index in [9.17, 15) is 9.59 Å². The Balaban J connectivity index is 1.43. The first-order valence-electron chi connectivity index (χ1n) is 9.63. The molecule has 0 spiro atoms. The zero-order valence-electron chi connectivity index (χ0n) is 16.2. The minimum absolute atomic E-state index is 0.00545. The van der Waals surface area contributed by atoms with Gasteiger partial charge in [-0.05, 0) is 55.7 Å². The fourth-order valence-electron chi connectivity index (χ4n) is 3.81. The molecule has 1 aliphatic rings. The van der Waals surface area contributed by atoms with Crippen LogP contribution in [0.3, 0.4) is 0 Å². The molecule has 4 rings (SSSR count). The Morgan fingerprint density at radius 2 is 1.93 bits per heavy atom. The van der Waals surface area contributed by atoms with E-state index in [0.717, 1.165) is 29.7 Å². The Morgan fingerprint density at radius 3 is 2.68 bits per heavy atom. The summed E-state index contributed by atoms with van der Waals surface area (Å²) < 4.78 is 0. The lowest BCUT2D eigenvalue weighted by Gasteiger charge is -2.31. The van der Waals surface area contributed by atoms with Crippen LogP contribution in [-0.2, 0) is 4.79 Å². The second-order valence-electron chi connectivity index (χ2n) is 7.47. The summed E-state index contributed by atoms with van der Waals surface area (Å²) in [6.45, 7) is 4.93. The van der Waals surface area contributed by atoms with Crippen molar-refractivity contribution in [3.05, 3.63) is 59.4 Å². The van der Waals surface area contributed by atoms with Crippen LogP contribution >= 0.6 is 0 Å². The van der Waals surface area contributed by atoms with E-state index in [4.69, 9.17) is 4.98 Å². The number of fused-ring (bicyclic) bond motifs is 1. The summed E-state index contributed by atoms with van der Waals surface area (Å²) >= 11 is 0. The number of benzene rings is 2. The maximum Gasteiger partial charge on any atom is 0.253 e. The number of hydrogen-bond acceptors (Lipinski definition) is 3. The van der Waals surface area contributed by atoms with Crippen molar-refractivity contribution in [3.8, 4) is 0 Å². The number of imidazole rings is 1. The lowest BCUT2D eigenvalue weighted by atomic mass is 9.95. The molecule has 1 aromatic heterocycles. The van der Waals surface area contributed by atoms with Crippen molar-refractivity contribution in [2.24, 2.45) is 0 Å². The number of amides is 2. The quantitative estimate of drug-likeness (QED) is 0.729. The van der Waals surface area contributed by atoms with Crippen LogP contribution in [0.5, 0.6) is 0 Å². The fourth-order valence-corrected chi connectivity index (χ4v) is 3.81. The molecule has 28 heavy (non-hydrogen) atoms. The summed E-state index contributed by atoms with van der Waals surface area (Å²) in [4.78, 5) is 34.2. The largest absolute Gasteiger partial charge is 0.342 e. The van der Waals surface area contributed by atoms with Gasteiger partial charge in [0.05, 0.1) is 11.0 Å². The van der Waals surface area contributed by atoms with E-state index in [1.165, 1.54) is 12.5 Å². The van der Waals surface area contributed by atoms with Gasteiger partial charge in [0.25, 0.3) is 5.91 Å². The second kappa shape index (κ2) is 7.46. The molecule has 1 fully saturated rings. The van der Waals surface area contributed by atoms with Crippen LogP contribution in [0.4, 0.5) is 5.69 Å². The van der Waals surface area contributed by atoms with E-state index in [1.54, 1.807) is 24.3 Å². The van der Waals surface area contributed by atoms with Gasteiger partial charge in [-0.3, -0.25) is 9.59 Å². The lowest BCUT2D eigenvalue weighted by molar-refractivity contribution is -0.114. The zero-order valence-corrected chi connectivity index (χ0v) is 16.2. The molecule has 1 aliphatic heterocycles. The number of aromatic nitrogens is 2. The summed E-state index contributed by atoms with van der Waals surface area (Å²) in [5, 5.41) is 2.73. The average molecular weight is 376 g/mol. The molecule has 2 heterocycles. The molecule has 0 bridgehead atoms. The summed E-state index contributed by atoms with van der Waals surface area (Å²) in [5.41, 5.74) is 4.52. The Morgan fingerprint density at radius 1 is 1.14 bits per heavy atom. The highest BCUT2D eigenvalue weighted by Crippen LogP contribution is 2.29. The zero-order chi connectivity index (χ0) is 19.7. The highest BCUT2D eigenvalue weighted by molar-refractivity contribution is 5.96. The van der Waals surface area contributed by atoms with Gasteiger partial charge in [-0.15, -0.1) is 0 Å². The van der Waals surface area contributed by atoms with Gasteiger partial charge in [-0.2, -0.15) is 0 Å². The molecule has 2 N–H and O–H groups in total. The topological polar surface area (TPSA) is 78.1 Å². The average Bonchev–Trinajstić information content (AvgIpc) is 3.10. The number of H-pyrrole nitrogens is 1. The molecule has 6 heteroatoms. The van der Waals surface area contributed by atoms with E-state index in [1.807, 2.05) is 11.0 Å². The number of anilines is 1. The minimum atomic E-state index is -0.147. The van der Waals surface area contributed by atoms with E-state index >= 15 is 0 Å². The van der Waals surface area contributed by atoms with Gasteiger partial charge in [0.2, 0.25) is 5.91 Å². The molecule has 0 aliphatic carbocycles. The maximum absolute atomic E-state index is 12.8. The van der Waals surface area contributed by atoms with E-state index in [2.05, 4.69) is 29.4 Å². The molecule has 0 unspecified atom stereocenters. The maximum atomic E-state index is 12.8. The first kappa shape index (κ1) is 18.2. The summed E-state index contributed by atoms with van der Waals surface area (Å²) in [7, 11) is 0. The summed E-state index contributed by atoms with van der Waals surface area (Å²) in [5.74, 6) is 1.21. The number of aryl methyl sites for hydroxylation is 1. The Hall–Kier alpha value is -3.15. The van der Waals surface area contributed by atoms with Gasteiger partial charge < -0.3 is 15.2 Å². The highest BCUT2D eigenvalue weighted by atomic mass is 16.2. The Labute approximate surface area is 164 Å². The van der Waals surface area contributed by atoms with Crippen molar-refractivity contribution < 1.29 is 9.59 Å². The van der Waals surface area contributed by atoms with Crippen LogP contribution in [-0.4, -0.2) is 39.8 Å². The normalized spacial score (nSPS) is 15.0. The number of carbonyl (C=O) groups excluding carboxylic acids is 2. The summed E-state index contributed by atoms with van der Waals surface area (Å²) in [6.07, 6.45) is 1.77.